The van der Waals surface area contributed by atoms with Crippen LogP contribution in [0.5, 0.6) is 0 Å². The molecule has 0 aromatic heterocycles. The van der Waals surface area contributed by atoms with E-state index in [9.17, 15) is 9.59 Å². The molecule has 2 amide bonds. The SMILES string of the molecule is N#Cc1ccc(CCC(=O)Nc2ccccc2C(=O)NCC2CCCO2)cc1. The lowest BCUT2D eigenvalue weighted by Crippen LogP contribution is -2.32. The van der Waals surface area contributed by atoms with Gasteiger partial charge in [0.1, 0.15) is 0 Å². The quantitative estimate of drug-likeness (QED) is 0.776. The van der Waals surface area contributed by atoms with Crippen LogP contribution < -0.4 is 10.6 Å². The van der Waals surface area contributed by atoms with E-state index in [1.807, 2.05) is 12.1 Å². The fraction of sp³-hybridized carbons (Fsp3) is 0.318. The summed E-state index contributed by atoms with van der Waals surface area (Å²) in [4.78, 5) is 24.8. The molecule has 1 atom stereocenters. The summed E-state index contributed by atoms with van der Waals surface area (Å²) >= 11 is 0. The van der Waals surface area contributed by atoms with Gasteiger partial charge in [0, 0.05) is 19.6 Å². The van der Waals surface area contributed by atoms with Gasteiger partial charge in [0.2, 0.25) is 5.91 Å². The number of hydrogen-bond acceptors (Lipinski definition) is 4. The van der Waals surface area contributed by atoms with Crippen molar-refractivity contribution in [2.45, 2.75) is 31.8 Å². The van der Waals surface area contributed by atoms with Gasteiger partial charge in [-0.3, -0.25) is 9.59 Å². The van der Waals surface area contributed by atoms with Crippen molar-refractivity contribution in [3.8, 4) is 6.07 Å². The zero-order valence-corrected chi connectivity index (χ0v) is 15.6. The van der Waals surface area contributed by atoms with E-state index in [1.165, 1.54) is 0 Å². The molecular formula is C22H23N3O3. The third-order valence-electron chi connectivity index (χ3n) is 4.68. The molecule has 0 saturated carbocycles. The topological polar surface area (TPSA) is 91.2 Å². The maximum absolute atomic E-state index is 12.5. The number of anilines is 1. The zero-order valence-electron chi connectivity index (χ0n) is 15.6. The first-order chi connectivity index (χ1) is 13.7. The molecule has 3 rings (SSSR count). The Morgan fingerprint density at radius 1 is 1.14 bits per heavy atom. The van der Waals surface area contributed by atoms with Gasteiger partial charge in [-0.15, -0.1) is 0 Å². The molecule has 0 bridgehead atoms. The third-order valence-corrected chi connectivity index (χ3v) is 4.68. The Kier molecular flexibility index (Phi) is 6.77. The second-order valence-corrected chi connectivity index (χ2v) is 6.75. The first-order valence-corrected chi connectivity index (χ1v) is 9.43. The number of aryl methyl sites for hydroxylation is 1. The number of hydrogen-bond donors (Lipinski definition) is 2. The summed E-state index contributed by atoms with van der Waals surface area (Å²) in [5.41, 5.74) is 2.51. The van der Waals surface area contributed by atoms with Gasteiger partial charge in [-0.2, -0.15) is 5.26 Å². The van der Waals surface area contributed by atoms with Crippen molar-refractivity contribution in [3.63, 3.8) is 0 Å². The number of nitriles is 1. The second kappa shape index (κ2) is 9.67. The summed E-state index contributed by atoms with van der Waals surface area (Å²) in [5, 5.41) is 14.5. The van der Waals surface area contributed by atoms with Crippen molar-refractivity contribution in [1.29, 1.82) is 5.26 Å². The predicted molar refractivity (Wildman–Crippen MR) is 106 cm³/mol. The van der Waals surface area contributed by atoms with Crippen molar-refractivity contribution in [2.75, 3.05) is 18.5 Å². The van der Waals surface area contributed by atoms with Crippen LogP contribution in [-0.4, -0.2) is 31.1 Å². The lowest BCUT2D eigenvalue weighted by atomic mass is 10.1. The molecule has 1 saturated heterocycles. The Hall–Kier alpha value is -3.17. The normalized spacial score (nSPS) is 15.6. The number of carbonyl (C=O) groups is 2. The summed E-state index contributed by atoms with van der Waals surface area (Å²) in [5.74, 6) is -0.387. The van der Waals surface area contributed by atoms with E-state index < -0.39 is 0 Å². The fourth-order valence-electron chi connectivity index (χ4n) is 3.11. The van der Waals surface area contributed by atoms with Crippen LogP contribution in [0.15, 0.2) is 48.5 Å². The van der Waals surface area contributed by atoms with Gasteiger partial charge < -0.3 is 15.4 Å². The van der Waals surface area contributed by atoms with E-state index in [0.29, 0.717) is 29.8 Å². The smallest absolute Gasteiger partial charge is 0.253 e. The number of carbonyl (C=O) groups excluding carboxylic acids is 2. The highest BCUT2D eigenvalue weighted by Crippen LogP contribution is 2.17. The van der Waals surface area contributed by atoms with Crippen LogP contribution in [0, 0.1) is 11.3 Å². The van der Waals surface area contributed by atoms with Gasteiger partial charge in [0.25, 0.3) is 5.91 Å². The van der Waals surface area contributed by atoms with E-state index in [1.54, 1.807) is 36.4 Å². The molecule has 6 heteroatoms. The Labute approximate surface area is 164 Å². The van der Waals surface area contributed by atoms with Gasteiger partial charge in [-0.05, 0) is 49.1 Å². The highest BCUT2D eigenvalue weighted by molar-refractivity contribution is 6.03. The first kappa shape index (κ1) is 19.6. The number of amides is 2. The summed E-state index contributed by atoms with van der Waals surface area (Å²) in [7, 11) is 0. The Morgan fingerprint density at radius 3 is 2.64 bits per heavy atom. The standard InChI is InChI=1S/C22H23N3O3/c23-14-17-9-7-16(8-10-17)11-12-21(26)25-20-6-2-1-5-19(20)22(27)24-15-18-4-3-13-28-18/h1-2,5-10,18H,3-4,11-13,15H2,(H,24,27)(H,25,26). The van der Waals surface area contributed by atoms with Crippen molar-refractivity contribution >= 4 is 17.5 Å². The highest BCUT2D eigenvalue weighted by Gasteiger charge is 2.18. The van der Waals surface area contributed by atoms with Gasteiger partial charge in [0.15, 0.2) is 0 Å². The molecule has 1 aliphatic rings. The molecule has 1 unspecified atom stereocenters. The molecule has 2 N–H and O–H groups in total. The first-order valence-electron chi connectivity index (χ1n) is 9.43. The Balaban J connectivity index is 1.54. The minimum Gasteiger partial charge on any atom is -0.376 e. The average molecular weight is 377 g/mol. The molecule has 144 valence electrons. The molecule has 1 heterocycles. The second-order valence-electron chi connectivity index (χ2n) is 6.75. The van der Waals surface area contributed by atoms with Crippen LogP contribution in [0.2, 0.25) is 0 Å². The predicted octanol–water partition coefficient (Wildman–Crippen LogP) is 3.04. The average Bonchev–Trinajstić information content (AvgIpc) is 3.25. The minimum absolute atomic E-state index is 0.0677. The molecule has 1 fully saturated rings. The van der Waals surface area contributed by atoms with Crippen molar-refractivity contribution < 1.29 is 14.3 Å². The lowest BCUT2D eigenvalue weighted by molar-refractivity contribution is -0.116. The van der Waals surface area contributed by atoms with Crippen LogP contribution in [0.4, 0.5) is 5.69 Å². The van der Waals surface area contributed by atoms with Crippen LogP contribution >= 0.6 is 0 Å². The Bertz CT molecular complexity index is 865. The summed E-state index contributed by atoms with van der Waals surface area (Å²) in [6, 6.07) is 16.2. The van der Waals surface area contributed by atoms with Crippen molar-refractivity contribution in [1.82, 2.24) is 5.32 Å². The van der Waals surface area contributed by atoms with E-state index >= 15 is 0 Å². The molecule has 6 nitrogen and oxygen atoms in total. The van der Waals surface area contributed by atoms with Gasteiger partial charge in [-0.1, -0.05) is 24.3 Å². The molecule has 0 spiro atoms. The Morgan fingerprint density at radius 2 is 1.93 bits per heavy atom. The van der Waals surface area contributed by atoms with E-state index in [2.05, 4.69) is 16.7 Å². The van der Waals surface area contributed by atoms with Gasteiger partial charge in [0.05, 0.1) is 29.0 Å². The third kappa shape index (κ3) is 5.41. The van der Waals surface area contributed by atoms with Crippen LogP contribution in [0.3, 0.4) is 0 Å². The molecular weight excluding hydrogens is 354 g/mol. The van der Waals surface area contributed by atoms with E-state index in [4.69, 9.17) is 10.00 Å². The van der Waals surface area contributed by atoms with E-state index in [0.717, 1.165) is 25.0 Å². The minimum atomic E-state index is -0.224. The number of nitrogens with zero attached hydrogens (tertiary/aromatic N) is 1. The fourth-order valence-corrected chi connectivity index (χ4v) is 3.11. The maximum Gasteiger partial charge on any atom is 0.253 e. The van der Waals surface area contributed by atoms with Crippen LogP contribution in [0.25, 0.3) is 0 Å². The summed E-state index contributed by atoms with van der Waals surface area (Å²) in [6.07, 6.45) is 2.89. The molecule has 1 aliphatic heterocycles. The number of para-hydroxylation sites is 1. The van der Waals surface area contributed by atoms with Crippen molar-refractivity contribution in [3.05, 3.63) is 65.2 Å². The van der Waals surface area contributed by atoms with Gasteiger partial charge >= 0.3 is 0 Å². The number of rotatable bonds is 7. The molecule has 2 aromatic rings. The van der Waals surface area contributed by atoms with E-state index in [-0.39, 0.29) is 24.3 Å². The summed E-state index contributed by atoms with van der Waals surface area (Å²) < 4.78 is 5.52. The highest BCUT2D eigenvalue weighted by atomic mass is 16.5. The largest absolute Gasteiger partial charge is 0.376 e. The number of nitrogens with one attached hydrogen (secondary N) is 2. The van der Waals surface area contributed by atoms with Crippen molar-refractivity contribution in [2.24, 2.45) is 0 Å². The lowest BCUT2D eigenvalue weighted by Gasteiger charge is -2.14. The summed E-state index contributed by atoms with van der Waals surface area (Å²) in [6.45, 7) is 1.21. The van der Waals surface area contributed by atoms with Crippen LogP contribution in [0.1, 0.15) is 40.7 Å². The van der Waals surface area contributed by atoms with Crippen LogP contribution in [-0.2, 0) is 16.0 Å². The van der Waals surface area contributed by atoms with Gasteiger partial charge in [-0.25, -0.2) is 0 Å². The molecule has 0 aliphatic carbocycles. The number of ether oxygens (including phenoxy) is 1. The number of benzene rings is 2. The molecule has 28 heavy (non-hydrogen) atoms. The monoisotopic (exact) mass is 377 g/mol. The molecule has 2 aromatic carbocycles. The zero-order chi connectivity index (χ0) is 19.8. The maximum atomic E-state index is 12.5. The molecule has 0 radical (unpaired) electrons.